The minimum Gasteiger partial charge on any atom is -0.507 e. The number of carbonyl (C=O) groups excluding carboxylic acids is 1. The van der Waals surface area contributed by atoms with Crippen molar-refractivity contribution in [3.05, 3.63) is 70.7 Å². The Balaban J connectivity index is 0.000000185. The van der Waals surface area contributed by atoms with Gasteiger partial charge in [-0.15, -0.1) is 0 Å². The van der Waals surface area contributed by atoms with Crippen molar-refractivity contribution in [3.8, 4) is 11.5 Å². The monoisotopic (exact) mass is 342 g/mol. The van der Waals surface area contributed by atoms with E-state index in [0.29, 0.717) is 10.6 Å². The normalized spacial score (nSPS) is 9.88. The lowest BCUT2D eigenvalue weighted by Crippen LogP contribution is -2.10. The van der Waals surface area contributed by atoms with Gasteiger partial charge in [-0.05, 0) is 41.1 Å². The molecule has 1 amide bonds. The Morgan fingerprint density at radius 1 is 1.00 bits per heavy atom. The maximum absolute atomic E-state index is 10.9. The van der Waals surface area contributed by atoms with Crippen LogP contribution >= 0.6 is 11.6 Å². The quantitative estimate of drug-likeness (QED) is 0.533. The summed E-state index contributed by atoms with van der Waals surface area (Å²) >= 11 is 5.58. The average molecular weight is 343 g/mol. The topological polar surface area (TPSA) is 107 Å². The zero-order valence-electron chi connectivity index (χ0n) is 12.5. The van der Waals surface area contributed by atoms with Crippen LogP contribution in [0.15, 0.2) is 54.6 Å². The van der Waals surface area contributed by atoms with Gasteiger partial charge in [-0.2, -0.15) is 0 Å². The summed E-state index contributed by atoms with van der Waals surface area (Å²) in [7, 11) is 0. The van der Waals surface area contributed by atoms with Crippen LogP contribution in [0.1, 0.15) is 15.9 Å². The fourth-order valence-electron chi connectivity index (χ4n) is 2.07. The summed E-state index contributed by atoms with van der Waals surface area (Å²) in [5.74, 6) is -0.608. The molecule has 0 bridgehead atoms. The van der Waals surface area contributed by atoms with Gasteiger partial charge in [0, 0.05) is 16.8 Å². The predicted octanol–water partition coefficient (Wildman–Crippen LogP) is 3.69. The van der Waals surface area contributed by atoms with Gasteiger partial charge >= 0.3 is 0 Å². The molecule has 0 atom stereocenters. The van der Waals surface area contributed by atoms with Gasteiger partial charge in [0.2, 0.25) is 0 Å². The molecule has 0 saturated carbocycles. The first-order valence-corrected chi connectivity index (χ1v) is 7.30. The molecule has 0 spiro atoms. The van der Waals surface area contributed by atoms with Gasteiger partial charge in [0.15, 0.2) is 0 Å². The van der Waals surface area contributed by atoms with Gasteiger partial charge in [-0.3, -0.25) is 4.79 Å². The van der Waals surface area contributed by atoms with E-state index in [2.05, 4.69) is 0 Å². The van der Waals surface area contributed by atoms with Gasteiger partial charge in [-0.1, -0.05) is 35.9 Å². The van der Waals surface area contributed by atoms with E-state index in [1.54, 1.807) is 12.1 Å². The van der Waals surface area contributed by atoms with Crippen LogP contribution in [0.2, 0.25) is 5.02 Å². The number of benzene rings is 3. The largest absolute Gasteiger partial charge is 0.507 e. The molecule has 5 nitrogen and oxygen atoms in total. The number of phenolic OH excluding ortho intramolecular Hbond substituents is 1. The van der Waals surface area contributed by atoms with E-state index >= 15 is 0 Å². The number of fused-ring (bicyclic) bond motifs is 1. The van der Waals surface area contributed by atoms with E-state index < -0.39 is 5.91 Å². The highest BCUT2D eigenvalue weighted by Gasteiger charge is 2.08. The number of primary amides is 1. The summed E-state index contributed by atoms with van der Waals surface area (Å²) in [5, 5.41) is 27.6. The maximum atomic E-state index is 10.9. The highest BCUT2D eigenvalue weighted by Crippen LogP contribution is 2.24. The number of aromatic hydroxyl groups is 2. The Morgan fingerprint density at radius 2 is 1.62 bits per heavy atom. The number of halogens is 1. The Hall–Kier alpha value is -3.05. The van der Waals surface area contributed by atoms with Crippen LogP contribution in [0.4, 0.5) is 0 Å². The lowest BCUT2D eigenvalue weighted by molar-refractivity contribution is 0.0998. The second kappa shape index (κ2) is 7.48. The van der Waals surface area contributed by atoms with Crippen molar-refractivity contribution in [2.24, 2.45) is 5.73 Å². The third-order valence-corrected chi connectivity index (χ3v) is 3.51. The molecule has 5 N–H and O–H groups in total. The van der Waals surface area contributed by atoms with Crippen LogP contribution < -0.4 is 5.73 Å². The lowest BCUT2D eigenvalue weighted by Gasteiger charge is -2.02. The van der Waals surface area contributed by atoms with Crippen molar-refractivity contribution in [1.82, 2.24) is 0 Å². The SMILES string of the molecule is N=Cc1cc(Cl)ccc1O.NC(=O)c1cc2ccccc2cc1O. The molecule has 0 saturated heterocycles. The Kier molecular flexibility index (Phi) is 5.39. The molecular formula is C18H15ClN2O3. The van der Waals surface area contributed by atoms with Gasteiger partial charge in [0.1, 0.15) is 11.5 Å². The third-order valence-electron chi connectivity index (χ3n) is 3.27. The molecule has 6 heteroatoms. The molecule has 0 unspecified atom stereocenters. The number of hydrogen-bond acceptors (Lipinski definition) is 4. The van der Waals surface area contributed by atoms with Gasteiger partial charge in [0.05, 0.1) is 5.56 Å². The molecule has 0 aliphatic rings. The summed E-state index contributed by atoms with van der Waals surface area (Å²) in [5.41, 5.74) is 5.70. The number of amides is 1. The van der Waals surface area contributed by atoms with Crippen LogP contribution in [0, 0.1) is 5.41 Å². The Morgan fingerprint density at radius 3 is 2.17 bits per heavy atom. The molecule has 3 rings (SSSR count). The predicted molar refractivity (Wildman–Crippen MR) is 95.1 cm³/mol. The van der Waals surface area contributed by atoms with Gasteiger partial charge in [-0.25, -0.2) is 0 Å². The van der Waals surface area contributed by atoms with Crippen LogP contribution in [-0.4, -0.2) is 22.3 Å². The number of rotatable bonds is 2. The minimum absolute atomic E-state index is 0.0730. The van der Waals surface area contributed by atoms with E-state index in [9.17, 15) is 9.90 Å². The number of hydrogen-bond donors (Lipinski definition) is 4. The first kappa shape index (κ1) is 17.3. The molecule has 0 aliphatic carbocycles. The van der Waals surface area contributed by atoms with Crippen LogP contribution in [0.5, 0.6) is 11.5 Å². The molecule has 0 aromatic heterocycles. The summed E-state index contributed by atoms with van der Waals surface area (Å²) < 4.78 is 0. The van der Waals surface area contributed by atoms with E-state index in [0.717, 1.165) is 17.0 Å². The number of phenols is 2. The molecule has 3 aromatic carbocycles. The van der Waals surface area contributed by atoms with Crippen molar-refractivity contribution in [3.63, 3.8) is 0 Å². The van der Waals surface area contributed by atoms with E-state index in [1.165, 1.54) is 18.2 Å². The number of nitrogens with two attached hydrogens (primary N) is 1. The fraction of sp³-hybridized carbons (Fsp3) is 0. The molecule has 3 aromatic rings. The smallest absolute Gasteiger partial charge is 0.252 e. The standard InChI is InChI=1S/C11H9NO2.C7H6ClNO/c12-11(14)9-5-7-3-1-2-4-8(7)6-10(9)13;8-6-1-2-7(10)5(3-6)4-9/h1-6,13H,(H2,12,14);1-4,9-10H. The molecule has 0 heterocycles. The first-order valence-electron chi connectivity index (χ1n) is 6.93. The second-order valence-electron chi connectivity index (χ2n) is 4.93. The van der Waals surface area contributed by atoms with E-state index in [4.69, 9.17) is 27.9 Å². The van der Waals surface area contributed by atoms with Crippen molar-refractivity contribution in [2.75, 3.05) is 0 Å². The van der Waals surface area contributed by atoms with Crippen molar-refractivity contribution in [2.45, 2.75) is 0 Å². The zero-order chi connectivity index (χ0) is 17.7. The Labute approximate surface area is 143 Å². The molecule has 24 heavy (non-hydrogen) atoms. The Bertz CT molecular complexity index is 910. The minimum atomic E-state index is -0.617. The molecule has 0 radical (unpaired) electrons. The van der Waals surface area contributed by atoms with Crippen molar-refractivity contribution < 1.29 is 15.0 Å². The highest BCUT2D eigenvalue weighted by atomic mass is 35.5. The number of carbonyl (C=O) groups is 1. The van der Waals surface area contributed by atoms with Crippen molar-refractivity contribution >= 4 is 34.5 Å². The van der Waals surface area contributed by atoms with Gasteiger partial charge in [0.25, 0.3) is 5.91 Å². The average Bonchev–Trinajstić information content (AvgIpc) is 2.56. The number of nitrogens with one attached hydrogen (secondary N) is 1. The molecule has 0 aliphatic heterocycles. The molecule has 122 valence electrons. The molecule has 0 fully saturated rings. The van der Waals surface area contributed by atoms with Crippen LogP contribution in [0.3, 0.4) is 0 Å². The van der Waals surface area contributed by atoms with Crippen LogP contribution in [0.25, 0.3) is 10.8 Å². The zero-order valence-corrected chi connectivity index (χ0v) is 13.3. The van der Waals surface area contributed by atoms with E-state index in [-0.39, 0.29) is 17.1 Å². The second-order valence-corrected chi connectivity index (χ2v) is 5.36. The van der Waals surface area contributed by atoms with Crippen LogP contribution in [-0.2, 0) is 0 Å². The maximum Gasteiger partial charge on any atom is 0.252 e. The lowest BCUT2D eigenvalue weighted by atomic mass is 10.1. The van der Waals surface area contributed by atoms with Crippen molar-refractivity contribution in [1.29, 1.82) is 5.41 Å². The first-order chi connectivity index (χ1) is 11.4. The summed E-state index contributed by atoms with van der Waals surface area (Å²) in [4.78, 5) is 10.9. The fourth-order valence-corrected chi connectivity index (χ4v) is 2.25. The highest BCUT2D eigenvalue weighted by molar-refractivity contribution is 6.30. The third kappa shape index (κ3) is 4.02. The summed E-state index contributed by atoms with van der Waals surface area (Å²) in [6.07, 6.45) is 1.06. The summed E-state index contributed by atoms with van der Waals surface area (Å²) in [6.45, 7) is 0. The van der Waals surface area contributed by atoms with Gasteiger partial charge < -0.3 is 21.4 Å². The van der Waals surface area contributed by atoms with E-state index in [1.807, 2.05) is 24.3 Å². The summed E-state index contributed by atoms with van der Waals surface area (Å²) in [6, 6.07) is 15.1. The molecular weight excluding hydrogens is 328 g/mol.